The van der Waals surface area contributed by atoms with E-state index in [1.807, 2.05) is 12.1 Å². The molecule has 4 rings (SSSR count). The number of benzene rings is 3. The fourth-order valence-electron chi connectivity index (χ4n) is 4.13. The van der Waals surface area contributed by atoms with E-state index in [0.29, 0.717) is 12.2 Å². The number of nitrogens with one attached hydrogen (secondary N) is 1. The van der Waals surface area contributed by atoms with E-state index in [1.54, 1.807) is 12.1 Å². The SMILES string of the molecule is O=C(CN1CCN(C(c2ccccc2)c2ccccc2)CC1)Nc1ccc([N+](=O)[O-])cc1. The van der Waals surface area contributed by atoms with E-state index in [9.17, 15) is 14.9 Å². The molecule has 1 aliphatic rings. The van der Waals surface area contributed by atoms with Crippen LogP contribution in [0, 0.1) is 10.1 Å². The average molecular weight is 431 g/mol. The molecule has 32 heavy (non-hydrogen) atoms. The molecule has 164 valence electrons. The number of non-ortho nitro benzene ring substituents is 1. The molecule has 0 aromatic heterocycles. The summed E-state index contributed by atoms with van der Waals surface area (Å²) in [6, 6.07) is 27.1. The Balaban J connectivity index is 1.35. The van der Waals surface area contributed by atoms with Gasteiger partial charge in [-0.3, -0.25) is 24.7 Å². The zero-order chi connectivity index (χ0) is 22.3. The summed E-state index contributed by atoms with van der Waals surface area (Å²) in [7, 11) is 0. The highest BCUT2D eigenvalue weighted by Gasteiger charge is 2.27. The fraction of sp³-hybridized carbons (Fsp3) is 0.240. The van der Waals surface area contributed by atoms with Gasteiger partial charge in [-0.25, -0.2) is 0 Å². The number of nitro groups is 1. The lowest BCUT2D eigenvalue weighted by Gasteiger charge is -2.39. The summed E-state index contributed by atoms with van der Waals surface area (Å²) in [6.45, 7) is 3.61. The largest absolute Gasteiger partial charge is 0.325 e. The normalized spacial score (nSPS) is 14.9. The first-order valence-electron chi connectivity index (χ1n) is 10.7. The quantitative estimate of drug-likeness (QED) is 0.454. The van der Waals surface area contributed by atoms with Crippen molar-refractivity contribution in [2.45, 2.75) is 6.04 Å². The van der Waals surface area contributed by atoms with Crippen molar-refractivity contribution in [2.24, 2.45) is 0 Å². The Morgan fingerprint density at radius 1 is 0.844 bits per heavy atom. The van der Waals surface area contributed by atoms with Crippen LogP contribution in [0.3, 0.4) is 0 Å². The molecule has 1 heterocycles. The molecule has 1 aliphatic heterocycles. The summed E-state index contributed by atoms with van der Waals surface area (Å²) in [5, 5.41) is 13.6. The van der Waals surface area contributed by atoms with Gasteiger partial charge < -0.3 is 5.32 Å². The molecule has 7 nitrogen and oxygen atoms in total. The van der Waals surface area contributed by atoms with Gasteiger partial charge in [0.2, 0.25) is 5.91 Å². The molecule has 1 fully saturated rings. The van der Waals surface area contributed by atoms with Gasteiger partial charge >= 0.3 is 0 Å². The Kier molecular flexibility index (Phi) is 6.89. The molecule has 7 heteroatoms. The molecule has 0 spiro atoms. The monoisotopic (exact) mass is 430 g/mol. The number of nitrogens with zero attached hydrogens (tertiary/aromatic N) is 3. The Morgan fingerprint density at radius 3 is 1.88 bits per heavy atom. The molecule has 3 aromatic rings. The van der Waals surface area contributed by atoms with E-state index in [1.165, 1.54) is 23.3 Å². The first kappa shape index (κ1) is 21.7. The molecular formula is C25H26N4O3. The van der Waals surface area contributed by atoms with Crippen LogP contribution in [-0.4, -0.2) is 53.4 Å². The minimum Gasteiger partial charge on any atom is -0.325 e. The van der Waals surface area contributed by atoms with Gasteiger partial charge in [-0.05, 0) is 23.3 Å². The standard InChI is InChI=1S/C25H26N4O3/c30-24(26-22-11-13-23(14-12-22)29(31)32)19-27-15-17-28(18-16-27)25(20-7-3-1-4-8-20)21-9-5-2-6-10-21/h1-14,25H,15-19H2,(H,26,30). The molecule has 0 aliphatic carbocycles. The van der Waals surface area contributed by atoms with E-state index < -0.39 is 4.92 Å². The molecule has 1 saturated heterocycles. The zero-order valence-electron chi connectivity index (χ0n) is 17.8. The number of carbonyl (C=O) groups excluding carboxylic acids is 1. The van der Waals surface area contributed by atoms with Crippen molar-refractivity contribution in [3.05, 3.63) is 106 Å². The second-order valence-corrected chi connectivity index (χ2v) is 7.89. The van der Waals surface area contributed by atoms with Crippen LogP contribution in [0.15, 0.2) is 84.9 Å². The van der Waals surface area contributed by atoms with Crippen LogP contribution in [-0.2, 0) is 4.79 Å². The molecule has 0 unspecified atom stereocenters. The highest BCUT2D eigenvalue weighted by molar-refractivity contribution is 5.92. The van der Waals surface area contributed by atoms with Crippen LogP contribution in [0.1, 0.15) is 17.2 Å². The van der Waals surface area contributed by atoms with Crippen molar-refractivity contribution in [2.75, 3.05) is 38.0 Å². The topological polar surface area (TPSA) is 78.7 Å². The van der Waals surface area contributed by atoms with Crippen molar-refractivity contribution in [3.63, 3.8) is 0 Å². The number of nitro benzene ring substituents is 1. The van der Waals surface area contributed by atoms with Crippen LogP contribution < -0.4 is 5.32 Å². The maximum Gasteiger partial charge on any atom is 0.269 e. The van der Waals surface area contributed by atoms with Crippen LogP contribution in [0.5, 0.6) is 0 Å². The van der Waals surface area contributed by atoms with E-state index in [0.717, 1.165) is 26.2 Å². The predicted molar refractivity (Wildman–Crippen MR) is 124 cm³/mol. The Bertz CT molecular complexity index is 994. The van der Waals surface area contributed by atoms with Gasteiger partial charge in [-0.1, -0.05) is 60.7 Å². The van der Waals surface area contributed by atoms with Gasteiger partial charge in [0.15, 0.2) is 0 Å². The van der Waals surface area contributed by atoms with Gasteiger partial charge in [0, 0.05) is 44.0 Å². The van der Waals surface area contributed by atoms with Crippen molar-refractivity contribution in [3.8, 4) is 0 Å². The number of rotatable bonds is 7. The van der Waals surface area contributed by atoms with E-state index in [2.05, 4.69) is 63.6 Å². The van der Waals surface area contributed by atoms with Gasteiger partial charge in [0.25, 0.3) is 5.69 Å². The summed E-state index contributed by atoms with van der Waals surface area (Å²) in [5.74, 6) is -0.116. The van der Waals surface area contributed by atoms with Crippen LogP contribution in [0.2, 0.25) is 0 Å². The number of hydrogen-bond acceptors (Lipinski definition) is 5. The lowest BCUT2D eigenvalue weighted by Crippen LogP contribution is -2.49. The first-order valence-corrected chi connectivity index (χ1v) is 10.7. The Hall–Kier alpha value is -3.55. The number of amides is 1. The second-order valence-electron chi connectivity index (χ2n) is 7.89. The maximum absolute atomic E-state index is 12.5. The molecule has 0 radical (unpaired) electrons. The van der Waals surface area contributed by atoms with Crippen LogP contribution in [0.4, 0.5) is 11.4 Å². The van der Waals surface area contributed by atoms with Gasteiger partial charge in [0.05, 0.1) is 17.5 Å². The smallest absolute Gasteiger partial charge is 0.269 e. The van der Waals surface area contributed by atoms with Crippen molar-refractivity contribution >= 4 is 17.3 Å². The minimum atomic E-state index is -0.455. The lowest BCUT2D eigenvalue weighted by molar-refractivity contribution is -0.384. The summed E-state index contributed by atoms with van der Waals surface area (Å²) < 4.78 is 0. The second kappa shape index (κ2) is 10.2. The van der Waals surface area contributed by atoms with Gasteiger partial charge in [-0.2, -0.15) is 0 Å². The molecular weight excluding hydrogens is 404 g/mol. The fourth-order valence-corrected chi connectivity index (χ4v) is 4.13. The molecule has 1 N–H and O–H groups in total. The first-order chi connectivity index (χ1) is 15.6. The molecule has 1 amide bonds. The predicted octanol–water partition coefficient (Wildman–Crippen LogP) is 3.94. The Labute approximate surface area is 187 Å². The highest BCUT2D eigenvalue weighted by Crippen LogP contribution is 2.29. The summed E-state index contributed by atoms with van der Waals surface area (Å²) in [5.41, 5.74) is 3.10. The number of carbonyl (C=O) groups is 1. The number of hydrogen-bond donors (Lipinski definition) is 1. The number of anilines is 1. The third kappa shape index (κ3) is 5.38. The molecule has 0 bridgehead atoms. The maximum atomic E-state index is 12.5. The Morgan fingerprint density at radius 2 is 1.38 bits per heavy atom. The average Bonchev–Trinajstić information content (AvgIpc) is 2.82. The molecule has 3 aromatic carbocycles. The van der Waals surface area contributed by atoms with Crippen molar-refractivity contribution in [1.29, 1.82) is 0 Å². The van der Waals surface area contributed by atoms with Crippen LogP contribution in [0.25, 0.3) is 0 Å². The third-order valence-electron chi connectivity index (χ3n) is 5.73. The van der Waals surface area contributed by atoms with E-state index in [-0.39, 0.29) is 17.6 Å². The minimum absolute atomic E-state index is 0.00510. The summed E-state index contributed by atoms with van der Waals surface area (Å²) in [6.07, 6.45) is 0. The van der Waals surface area contributed by atoms with Crippen molar-refractivity contribution < 1.29 is 9.72 Å². The van der Waals surface area contributed by atoms with E-state index >= 15 is 0 Å². The summed E-state index contributed by atoms with van der Waals surface area (Å²) in [4.78, 5) is 27.4. The highest BCUT2D eigenvalue weighted by atomic mass is 16.6. The van der Waals surface area contributed by atoms with Gasteiger partial charge in [0.1, 0.15) is 0 Å². The molecule has 0 saturated carbocycles. The zero-order valence-corrected chi connectivity index (χ0v) is 17.8. The van der Waals surface area contributed by atoms with Crippen molar-refractivity contribution in [1.82, 2.24) is 9.80 Å². The van der Waals surface area contributed by atoms with Gasteiger partial charge in [-0.15, -0.1) is 0 Å². The molecule has 0 atom stereocenters. The lowest BCUT2D eigenvalue weighted by atomic mass is 9.96. The van der Waals surface area contributed by atoms with Crippen LogP contribution >= 0.6 is 0 Å². The number of piperazine rings is 1. The third-order valence-corrected chi connectivity index (χ3v) is 5.73. The summed E-state index contributed by atoms with van der Waals surface area (Å²) >= 11 is 0. The van der Waals surface area contributed by atoms with E-state index in [4.69, 9.17) is 0 Å².